The van der Waals surface area contributed by atoms with E-state index in [2.05, 4.69) is 6.58 Å². The Morgan fingerprint density at radius 3 is 2.79 bits per heavy atom. The Labute approximate surface area is 83.3 Å². The number of allylic oxidation sites excluding steroid dienone is 1. The van der Waals surface area contributed by atoms with Crippen molar-refractivity contribution < 1.29 is 14.9 Å². The van der Waals surface area contributed by atoms with Crippen LogP contribution in [0.2, 0.25) is 0 Å². The number of ether oxygens (including phenoxy) is 1. The van der Waals surface area contributed by atoms with Gasteiger partial charge in [0.2, 0.25) is 0 Å². The molecule has 0 spiro atoms. The van der Waals surface area contributed by atoms with Crippen molar-refractivity contribution in [1.29, 1.82) is 0 Å². The third-order valence-corrected chi connectivity index (χ3v) is 1.87. The average Bonchev–Trinajstić information content (AvgIpc) is 2.18. The zero-order chi connectivity index (χ0) is 10.6. The van der Waals surface area contributed by atoms with Crippen LogP contribution in [0.1, 0.15) is 18.9 Å². The second kappa shape index (κ2) is 4.67. The smallest absolute Gasteiger partial charge is 0.136 e. The summed E-state index contributed by atoms with van der Waals surface area (Å²) in [6, 6.07) is 4.59. The van der Waals surface area contributed by atoms with Gasteiger partial charge in [0.15, 0.2) is 0 Å². The Morgan fingerprint density at radius 1 is 1.50 bits per heavy atom. The van der Waals surface area contributed by atoms with E-state index in [0.29, 0.717) is 23.5 Å². The molecule has 0 aromatic heterocycles. The van der Waals surface area contributed by atoms with E-state index in [1.165, 1.54) is 12.1 Å². The van der Waals surface area contributed by atoms with Crippen molar-refractivity contribution in [1.82, 2.24) is 0 Å². The van der Waals surface area contributed by atoms with Gasteiger partial charge in [-0.3, -0.25) is 0 Å². The Balaban J connectivity index is 2.93. The summed E-state index contributed by atoms with van der Waals surface area (Å²) in [5.41, 5.74) is 0.636. The summed E-state index contributed by atoms with van der Waals surface area (Å²) in [5.74, 6) is 1.17. The fourth-order valence-corrected chi connectivity index (χ4v) is 0.997. The van der Waals surface area contributed by atoms with Crippen molar-refractivity contribution in [2.75, 3.05) is 0 Å². The molecule has 0 aliphatic rings. The van der Waals surface area contributed by atoms with E-state index >= 15 is 0 Å². The topological polar surface area (TPSA) is 49.7 Å². The lowest BCUT2D eigenvalue weighted by Gasteiger charge is -2.10. The van der Waals surface area contributed by atoms with Gasteiger partial charge in [0.05, 0.1) is 12.4 Å². The summed E-state index contributed by atoms with van der Waals surface area (Å²) >= 11 is 0. The van der Waals surface area contributed by atoms with Crippen LogP contribution >= 0.6 is 0 Å². The van der Waals surface area contributed by atoms with Crippen molar-refractivity contribution in [2.24, 2.45) is 0 Å². The molecule has 1 aromatic rings. The van der Waals surface area contributed by atoms with Gasteiger partial charge in [-0.25, -0.2) is 0 Å². The highest BCUT2D eigenvalue weighted by atomic mass is 16.5. The first-order chi connectivity index (χ1) is 6.67. The number of aromatic hydroxyl groups is 1. The lowest BCUT2D eigenvalue weighted by molar-refractivity contribution is 0.274. The molecule has 0 radical (unpaired) electrons. The highest BCUT2D eigenvalue weighted by molar-refractivity contribution is 5.40. The van der Waals surface area contributed by atoms with Gasteiger partial charge in [-0.1, -0.05) is 13.5 Å². The quantitative estimate of drug-likeness (QED) is 0.722. The minimum atomic E-state index is -0.118. The summed E-state index contributed by atoms with van der Waals surface area (Å²) in [7, 11) is 0. The normalized spacial score (nSPS) is 9.86. The van der Waals surface area contributed by atoms with Crippen LogP contribution in [0.5, 0.6) is 11.5 Å². The monoisotopic (exact) mass is 194 g/mol. The third-order valence-electron chi connectivity index (χ3n) is 1.87. The molecule has 0 aliphatic carbocycles. The molecule has 0 bridgehead atoms. The number of aliphatic hydroxyl groups is 1. The summed E-state index contributed by atoms with van der Waals surface area (Å²) in [6.07, 6.45) is 0.695. The summed E-state index contributed by atoms with van der Waals surface area (Å²) in [6.45, 7) is 5.49. The minimum Gasteiger partial charge on any atom is -0.508 e. The van der Waals surface area contributed by atoms with Crippen molar-refractivity contribution >= 4 is 0 Å². The van der Waals surface area contributed by atoms with Gasteiger partial charge in [0, 0.05) is 18.1 Å². The molecule has 2 N–H and O–H groups in total. The first kappa shape index (κ1) is 10.6. The second-order valence-corrected chi connectivity index (χ2v) is 2.94. The van der Waals surface area contributed by atoms with Gasteiger partial charge in [0.25, 0.3) is 0 Å². The van der Waals surface area contributed by atoms with Crippen LogP contribution in [0.15, 0.2) is 30.5 Å². The van der Waals surface area contributed by atoms with E-state index < -0.39 is 0 Å². The standard InChI is InChI=1S/C11H14O3/c1-3-8(2)14-11-6-10(13)5-4-9(11)7-12/h4-6,12-13H,2-3,7H2,1H3. The maximum atomic E-state index is 9.23. The largest absolute Gasteiger partial charge is 0.508 e. The zero-order valence-corrected chi connectivity index (χ0v) is 8.16. The van der Waals surface area contributed by atoms with Gasteiger partial charge < -0.3 is 14.9 Å². The predicted octanol–water partition coefficient (Wildman–Crippen LogP) is 2.19. The SMILES string of the molecule is C=C(CC)Oc1cc(O)ccc1CO. The number of phenols is 1. The van der Waals surface area contributed by atoms with Crippen LogP contribution in [0, 0.1) is 0 Å². The molecule has 76 valence electrons. The lowest BCUT2D eigenvalue weighted by Crippen LogP contribution is -1.96. The molecule has 0 saturated carbocycles. The zero-order valence-electron chi connectivity index (χ0n) is 8.16. The molecule has 0 heterocycles. The molecule has 0 unspecified atom stereocenters. The van der Waals surface area contributed by atoms with Crippen LogP contribution in [-0.4, -0.2) is 10.2 Å². The molecule has 0 aliphatic heterocycles. The van der Waals surface area contributed by atoms with Gasteiger partial charge in [-0.15, -0.1) is 0 Å². The number of benzene rings is 1. The van der Waals surface area contributed by atoms with E-state index in [1.807, 2.05) is 6.92 Å². The Morgan fingerprint density at radius 2 is 2.21 bits per heavy atom. The molecule has 3 heteroatoms. The molecule has 0 amide bonds. The van der Waals surface area contributed by atoms with E-state index in [4.69, 9.17) is 9.84 Å². The molecule has 14 heavy (non-hydrogen) atoms. The molecular formula is C11H14O3. The second-order valence-electron chi connectivity index (χ2n) is 2.94. The van der Waals surface area contributed by atoms with Crippen molar-refractivity contribution in [3.63, 3.8) is 0 Å². The fraction of sp³-hybridized carbons (Fsp3) is 0.273. The fourth-order valence-electron chi connectivity index (χ4n) is 0.997. The third kappa shape index (κ3) is 2.50. The minimum absolute atomic E-state index is 0.112. The summed E-state index contributed by atoms with van der Waals surface area (Å²) in [5, 5.41) is 18.2. The Bertz CT molecular complexity index is 331. The van der Waals surface area contributed by atoms with Gasteiger partial charge >= 0.3 is 0 Å². The first-order valence-corrected chi connectivity index (χ1v) is 4.45. The molecule has 1 aromatic carbocycles. The number of phenolic OH excluding ortho intramolecular Hbond substituents is 1. The number of hydrogen-bond acceptors (Lipinski definition) is 3. The molecule has 0 atom stereocenters. The van der Waals surface area contributed by atoms with Crippen LogP contribution < -0.4 is 4.74 Å². The van der Waals surface area contributed by atoms with Crippen LogP contribution in [-0.2, 0) is 6.61 Å². The van der Waals surface area contributed by atoms with Crippen LogP contribution in [0.25, 0.3) is 0 Å². The molecule has 0 saturated heterocycles. The van der Waals surface area contributed by atoms with Crippen molar-refractivity contribution in [2.45, 2.75) is 20.0 Å². The lowest BCUT2D eigenvalue weighted by atomic mass is 10.2. The van der Waals surface area contributed by atoms with E-state index in [1.54, 1.807) is 6.07 Å². The Kier molecular flexibility index (Phi) is 3.54. The van der Waals surface area contributed by atoms with E-state index in [0.717, 1.165) is 0 Å². The van der Waals surface area contributed by atoms with Crippen LogP contribution in [0.4, 0.5) is 0 Å². The van der Waals surface area contributed by atoms with Gasteiger partial charge in [-0.05, 0) is 12.1 Å². The molecular weight excluding hydrogens is 180 g/mol. The molecule has 3 nitrogen and oxygen atoms in total. The predicted molar refractivity (Wildman–Crippen MR) is 54.1 cm³/mol. The summed E-state index contributed by atoms with van der Waals surface area (Å²) < 4.78 is 5.35. The summed E-state index contributed by atoms with van der Waals surface area (Å²) in [4.78, 5) is 0. The van der Waals surface area contributed by atoms with E-state index in [-0.39, 0.29) is 12.4 Å². The number of aliphatic hydroxyl groups excluding tert-OH is 1. The van der Waals surface area contributed by atoms with Gasteiger partial charge in [0.1, 0.15) is 11.5 Å². The maximum absolute atomic E-state index is 9.23. The van der Waals surface area contributed by atoms with E-state index in [9.17, 15) is 5.11 Å². The molecule has 0 fully saturated rings. The average molecular weight is 194 g/mol. The van der Waals surface area contributed by atoms with Crippen molar-refractivity contribution in [3.05, 3.63) is 36.1 Å². The first-order valence-electron chi connectivity index (χ1n) is 4.45. The number of rotatable bonds is 4. The van der Waals surface area contributed by atoms with Gasteiger partial charge in [-0.2, -0.15) is 0 Å². The number of hydrogen-bond donors (Lipinski definition) is 2. The highest BCUT2D eigenvalue weighted by Gasteiger charge is 2.05. The molecule has 1 rings (SSSR count). The highest BCUT2D eigenvalue weighted by Crippen LogP contribution is 2.25. The van der Waals surface area contributed by atoms with Crippen LogP contribution in [0.3, 0.4) is 0 Å². The van der Waals surface area contributed by atoms with Crippen molar-refractivity contribution in [3.8, 4) is 11.5 Å². The Hall–Kier alpha value is -1.48. The maximum Gasteiger partial charge on any atom is 0.136 e.